The van der Waals surface area contributed by atoms with Crippen molar-refractivity contribution in [2.24, 2.45) is 0 Å². The number of benzene rings is 1. The van der Waals surface area contributed by atoms with Crippen LogP contribution >= 0.6 is 11.6 Å². The maximum atomic E-state index is 12.1. The van der Waals surface area contributed by atoms with Gasteiger partial charge in [0, 0.05) is 42.5 Å². The van der Waals surface area contributed by atoms with Crippen molar-refractivity contribution in [1.82, 2.24) is 9.88 Å². The van der Waals surface area contributed by atoms with Crippen LogP contribution in [-0.2, 0) is 4.74 Å². The van der Waals surface area contributed by atoms with Crippen molar-refractivity contribution in [3.8, 4) is 5.75 Å². The van der Waals surface area contributed by atoms with Gasteiger partial charge in [-0.2, -0.15) is 0 Å². The minimum absolute atomic E-state index is 0.0694. The minimum Gasteiger partial charge on any atom is -0.490 e. The molecule has 0 unspecified atom stereocenters. The number of nitrogens with zero attached hydrogens (tertiary/aromatic N) is 2. The quantitative estimate of drug-likeness (QED) is 0.779. The Morgan fingerprint density at radius 2 is 1.96 bits per heavy atom. The molecule has 1 aliphatic rings. The van der Waals surface area contributed by atoms with Gasteiger partial charge in [-0.05, 0) is 45.0 Å². The van der Waals surface area contributed by atoms with E-state index in [4.69, 9.17) is 21.1 Å². The summed E-state index contributed by atoms with van der Waals surface area (Å²) in [6.45, 7) is 6.90. The van der Waals surface area contributed by atoms with E-state index in [1.165, 1.54) is 0 Å². The van der Waals surface area contributed by atoms with Gasteiger partial charge in [0.25, 0.3) is 0 Å². The summed E-state index contributed by atoms with van der Waals surface area (Å²) in [5.41, 5.74) is 0.345. The maximum Gasteiger partial charge on any atom is 0.410 e. The molecule has 1 aromatic heterocycles. The van der Waals surface area contributed by atoms with E-state index in [-0.39, 0.29) is 12.2 Å². The molecule has 0 bridgehead atoms. The molecule has 0 radical (unpaired) electrons. The lowest BCUT2D eigenvalue weighted by atomic mass is 10.1. The summed E-state index contributed by atoms with van der Waals surface area (Å²) in [6.07, 6.45) is 3.09. The van der Waals surface area contributed by atoms with Crippen LogP contribution in [0.5, 0.6) is 5.75 Å². The Morgan fingerprint density at radius 1 is 1.24 bits per heavy atom. The molecule has 1 fully saturated rings. The van der Waals surface area contributed by atoms with Gasteiger partial charge in [-0.25, -0.2) is 4.79 Å². The van der Waals surface area contributed by atoms with Crippen LogP contribution in [0, 0.1) is 0 Å². The fourth-order valence-electron chi connectivity index (χ4n) is 2.86. The third-order valence-electron chi connectivity index (χ3n) is 4.05. The minimum atomic E-state index is -0.471. The number of rotatable bonds is 2. The molecule has 1 aliphatic heterocycles. The Bertz CT molecular complexity index is 765. The van der Waals surface area contributed by atoms with Crippen LogP contribution in [0.4, 0.5) is 4.79 Å². The summed E-state index contributed by atoms with van der Waals surface area (Å²) in [6, 6.07) is 7.46. The highest BCUT2D eigenvalue weighted by Crippen LogP contribution is 2.28. The number of piperidine rings is 1. The van der Waals surface area contributed by atoms with E-state index in [9.17, 15) is 4.79 Å². The van der Waals surface area contributed by atoms with Gasteiger partial charge in [0.2, 0.25) is 0 Å². The van der Waals surface area contributed by atoms with Crippen molar-refractivity contribution in [2.75, 3.05) is 13.1 Å². The first-order valence-electron chi connectivity index (χ1n) is 8.51. The molecular formula is C19H23ClN2O3. The number of aromatic nitrogens is 1. The van der Waals surface area contributed by atoms with Gasteiger partial charge in [-0.15, -0.1) is 0 Å². The first-order valence-corrected chi connectivity index (χ1v) is 8.88. The molecule has 6 heteroatoms. The molecule has 5 nitrogen and oxygen atoms in total. The third-order valence-corrected chi connectivity index (χ3v) is 4.29. The summed E-state index contributed by atoms with van der Waals surface area (Å²) in [4.78, 5) is 18.2. The number of ether oxygens (including phenoxy) is 2. The lowest BCUT2D eigenvalue weighted by Crippen LogP contribution is -2.44. The average molecular weight is 363 g/mol. The van der Waals surface area contributed by atoms with Crippen molar-refractivity contribution in [2.45, 2.75) is 45.3 Å². The molecule has 2 aromatic rings. The van der Waals surface area contributed by atoms with Crippen LogP contribution in [0.25, 0.3) is 10.9 Å². The number of pyridine rings is 1. The summed E-state index contributed by atoms with van der Waals surface area (Å²) >= 11 is 6.02. The fraction of sp³-hybridized carbons (Fsp3) is 0.474. The highest BCUT2D eigenvalue weighted by Gasteiger charge is 2.27. The molecule has 1 amide bonds. The zero-order chi connectivity index (χ0) is 18.0. The van der Waals surface area contributed by atoms with Gasteiger partial charge >= 0.3 is 6.09 Å². The first kappa shape index (κ1) is 17.8. The van der Waals surface area contributed by atoms with E-state index in [2.05, 4.69) is 4.98 Å². The normalized spacial score (nSPS) is 16.1. The number of hydrogen-bond donors (Lipinski definition) is 0. The number of hydrogen-bond acceptors (Lipinski definition) is 4. The second kappa shape index (κ2) is 7.08. The van der Waals surface area contributed by atoms with Gasteiger partial charge in [0.05, 0.1) is 5.52 Å². The van der Waals surface area contributed by atoms with Gasteiger partial charge in [0.15, 0.2) is 0 Å². The van der Waals surface area contributed by atoms with Crippen molar-refractivity contribution >= 4 is 28.6 Å². The van der Waals surface area contributed by atoms with Crippen LogP contribution in [0.1, 0.15) is 33.6 Å². The molecule has 1 saturated heterocycles. The first-order chi connectivity index (χ1) is 11.8. The van der Waals surface area contributed by atoms with E-state index in [1.807, 2.05) is 45.0 Å². The Labute approximate surface area is 152 Å². The zero-order valence-electron chi connectivity index (χ0n) is 14.8. The van der Waals surface area contributed by atoms with E-state index in [0.717, 1.165) is 29.5 Å². The Kier molecular flexibility index (Phi) is 5.04. The van der Waals surface area contributed by atoms with Crippen molar-refractivity contribution in [3.05, 3.63) is 35.5 Å². The summed E-state index contributed by atoms with van der Waals surface area (Å²) in [5, 5.41) is 1.60. The number of fused-ring (bicyclic) bond motifs is 1. The molecule has 0 atom stereocenters. The number of likely N-dealkylation sites (tertiary alicyclic amines) is 1. The molecule has 0 N–H and O–H groups in total. The maximum absolute atomic E-state index is 12.1. The zero-order valence-corrected chi connectivity index (χ0v) is 15.5. The highest BCUT2D eigenvalue weighted by molar-refractivity contribution is 6.31. The molecule has 134 valence electrons. The number of halogens is 1. The van der Waals surface area contributed by atoms with Crippen LogP contribution < -0.4 is 4.74 Å². The van der Waals surface area contributed by atoms with Crippen LogP contribution in [-0.4, -0.2) is 40.8 Å². The lowest BCUT2D eigenvalue weighted by Gasteiger charge is -2.33. The monoisotopic (exact) mass is 362 g/mol. The Balaban J connectivity index is 1.62. The summed E-state index contributed by atoms with van der Waals surface area (Å²) < 4.78 is 11.6. The van der Waals surface area contributed by atoms with E-state index >= 15 is 0 Å². The molecule has 0 spiro atoms. The molecule has 25 heavy (non-hydrogen) atoms. The van der Waals surface area contributed by atoms with Crippen molar-refractivity contribution in [1.29, 1.82) is 0 Å². The standard InChI is InChI=1S/C19H23ClN2O3/c1-19(2,3)25-18(23)22-10-7-14(8-11-22)24-17-6-9-21-16-12-13(20)4-5-15(16)17/h4-6,9,12,14H,7-8,10-11H2,1-3H3. The summed E-state index contributed by atoms with van der Waals surface area (Å²) in [7, 11) is 0. The smallest absolute Gasteiger partial charge is 0.410 e. The third kappa shape index (κ3) is 4.54. The number of carbonyl (C=O) groups excluding carboxylic acids is 1. The molecule has 0 saturated carbocycles. The predicted molar refractivity (Wildman–Crippen MR) is 98.2 cm³/mol. The van der Waals surface area contributed by atoms with E-state index in [0.29, 0.717) is 18.1 Å². The van der Waals surface area contributed by atoms with Gasteiger partial charge in [0.1, 0.15) is 17.5 Å². The Hall–Kier alpha value is -2.01. The molecule has 3 rings (SSSR count). The number of carbonyl (C=O) groups is 1. The molecular weight excluding hydrogens is 340 g/mol. The van der Waals surface area contributed by atoms with E-state index < -0.39 is 5.60 Å². The fourth-order valence-corrected chi connectivity index (χ4v) is 3.03. The predicted octanol–water partition coefficient (Wildman–Crippen LogP) is 4.67. The van der Waals surface area contributed by atoms with Crippen LogP contribution in [0.2, 0.25) is 5.02 Å². The number of amides is 1. The molecule has 0 aliphatic carbocycles. The van der Waals surface area contributed by atoms with Crippen LogP contribution in [0.15, 0.2) is 30.5 Å². The second-order valence-electron chi connectivity index (χ2n) is 7.26. The highest BCUT2D eigenvalue weighted by atomic mass is 35.5. The SMILES string of the molecule is CC(C)(C)OC(=O)N1CCC(Oc2ccnc3cc(Cl)ccc23)CC1. The topological polar surface area (TPSA) is 51.7 Å². The van der Waals surface area contributed by atoms with Gasteiger partial charge in [-0.1, -0.05) is 11.6 Å². The summed E-state index contributed by atoms with van der Waals surface area (Å²) in [5.74, 6) is 0.803. The largest absolute Gasteiger partial charge is 0.490 e. The Morgan fingerprint density at radius 3 is 2.64 bits per heavy atom. The van der Waals surface area contributed by atoms with Crippen molar-refractivity contribution in [3.63, 3.8) is 0 Å². The lowest BCUT2D eigenvalue weighted by molar-refractivity contribution is 0.0128. The second-order valence-corrected chi connectivity index (χ2v) is 7.69. The average Bonchev–Trinajstić information content (AvgIpc) is 2.54. The van der Waals surface area contributed by atoms with Crippen LogP contribution in [0.3, 0.4) is 0 Å². The van der Waals surface area contributed by atoms with Crippen molar-refractivity contribution < 1.29 is 14.3 Å². The molecule has 2 heterocycles. The van der Waals surface area contributed by atoms with Gasteiger partial charge < -0.3 is 14.4 Å². The van der Waals surface area contributed by atoms with E-state index in [1.54, 1.807) is 11.1 Å². The molecule has 1 aromatic carbocycles. The van der Waals surface area contributed by atoms with Gasteiger partial charge in [-0.3, -0.25) is 4.98 Å².